The van der Waals surface area contributed by atoms with Crippen LogP contribution in [0.4, 0.5) is 0 Å². The Morgan fingerprint density at radius 3 is 2.38 bits per heavy atom. The number of carbonyl (C=O) groups excluding carboxylic acids is 3. The van der Waals surface area contributed by atoms with Crippen LogP contribution in [0.5, 0.6) is 11.5 Å². The molecular formula is C31H42O7S. The number of hydrogen-bond acceptors (Lipinski definition) is 8. The van der Waals surface area contributed by atoms with Gasteiger partial charge in [0.15, 0.2) is 11.6 Å². The predicted octanol–water partition coefficient (Wildman–Crippen LogP) is 6.77. The zero-order chi connectivity index (χ0) is 28.8. The first-order chi connectivity index (χ1) is 18.7. The summed E-state index contributed by atoms with van der Waals surface area (Å²) in [5, 5.41) is 10.7. The molecular weight excluding hydrogens is 516 g/mol. The molecule has 0 bridgehead atoms. The molecule has 0 aliphatic heterocycles. The average molecular weight is 559 g/mol. The van der Waals surface area contributed by atoms with Crippen molar-refractivity contribution in [3.8, 4) is 11.5 Å². The van der Waals surface area contributed by atoms with Crippen molar-refractivity contribution in [1.29, 1.82) is 0 Å². The number of esters is 1. The van der Waals surface area contributed by atoms with Crippen LogP contribution in [-0.2, 0) is 20.7 Å². The molecule has 0 spiro atoms. The molecule has 1 N–H and O–H groups in total. The summed E-state index contributed by atoms with van der Waals surface area (Å²) in [6.45, 7) is 10.7. The topological polar surface area (TPSA) is 99.1 Å². The molecule has 2 aromatic rings. The van der Waals surface area contributed by atoms with E-state index in [0.29, 0.717) is 62.6 Å². The van der Waals surface area contributed by atoms with Gasteiger partial charge in [-0.3, -0.25) is 14.4 Å². The highest BCUT2D eigenvalue weighted by Crippen LogP contribution is 2.38. The van der Waals surface area contributed by atoms with Crippen LogP contribution in [0.1, 0.15) is 98.1 Å². The zero-order valence-corrected chi connectivity index (χ0v) is 24.7. The van der Waals surface area contributed by atoms with E-state index in [9.17, 15) is 19.5 Å². The Hall–Kier alpha value is -2.84. The third-order valence-electron chi connectivity index (χ3n) is 6.19. The van der Waals surface area contributed by atoms with Gasteiger partial charge < -0.3 is 19.3 Å². The summed E-state index contributed by atoms with van der Waals surface area (Å²) in [5.74, 6) is 1.03. The minimum atomic E-state index is -0.255. The fourth-order valence-electron chi connectivity index (χ4n) is 4.22. The molecule has 1 unspecified atom stereocenters. The van der Waals surface area contributed by atoms with Gasteiger partial charge >= 0.3 is 5.97 Å². The first-order valence-electron chi connectivity index (χ1n) is 13.7. The number of para-hydroxylation sites is 1. The van der Waals surface area contributed by atoms with E-state index in [1.807, 2.05) is 31.2 Å². The predicted molar refractivity (Wildman–Crippen MR) is 154 cm³/mol. The lowest BCUT2D eigenvalue weighted by molar-refractivity contribution is -0.143. The summed E-state index contributed by atoms with van der Waals surface area (Å²) in [7, 11) is 0. The standard InChI is InChI=1S/C31H42O7S/c1-6-12-25-30(35)26(22(4)32)19-27(23(5)33)31(25)39-18-11-16-36-20-21(3)24-13-8-9-14-28(24)38-17-10-15-29(34)37-7-2/h8-9,13-14,19,21,35H,6-7,10-12,15-18,20H2,1-5H3. The third kappa shape index (κ3) is 10.0. The summed E-state index contributed by atoms with van der Waals surface area (Å²) in [6.07, 6.45) is 3.07. The van der Waals surface area contributed by atoms with E-state index in [1.54, 1.807) is 6.92 Å². The number of ketones is 2. The average Bonchev–Trinajstić information content (AvgIpc) is 2.90. The first kappa shape index (κ1) is 32.4. The normalized spacial score (nSPS) is 11.7. The molecule has 0 radical (unpaired) electrons. The van der Waals surface area contributed by atoms with Crippen LogP contribution in [0, 0.1) is 0 Å². The molecule has 0 saturated heterocycles. The van der Waals surface area contributed by atoms with Crippen molar-refractivity contribution in [2.24, 2.45) is 0 Å². The second-order valence-electron chi connectivity index (χ2n) is 9.46. The molecule has 0 aliphatic carbocycles. The summed E-state index contributed by atoms with van der Waals surface area (Å²) in [4.78, 5) is 36.6. The Bertz CT molecular complexity index is 1110. The molecule has 0 aromatic heterocycles. The largest absolute Gasteiger partial charge is 0.507 e. The van der Waals surface area contributed by atoms with E-state index in [2.05, 4.69) is 6.92 Å². The minimum absolute atomic E-state index is 0.0105. The molecule has 214 valence electrons. The fraction of sp³-hybridized carbons (Fsp3) is 0.516. The third-order valence-corrected chi connectivity index (χ3v) is 7.44. The van der Waals surface area contributed by atoms with Crippen LogP contribution >= 0.6 is 11.8 Å². The van der Waals surface area contributed by atoms with Gasteiger partial charge in [-0.1, -0.05) is 38.5 Å². The maximum Gasteiger partial charge on any atom is 0.305 e. The highest BCUT2D eigenvalue weighted by Gasteiger charge is 2.21. The summed E-state index contributed by atoms with van der Waals surface area (Å²) >= 11 is 1.53. The second kappa shape index (κ2) is 17.0. The molecule has 1 atom stereocenters. The molecule has 0 amide bonds. The molecule has 7 nitrogen and oxygen atoms in total. The van der Waals surface area contributed by atoms with E-state index in [-0.39, 0.29) is 34.8 Å². The quantitative estimate of drug-likeness (QED) is 0.0926. The van der Waals surface area contributed by atoms with Crippen molar-refractivity contribution in [3.05, 3.63) is 52.6 Å². The van der Waals surface area contributed by atoms with Crippen molar-refractivity contribution in [2.45, 2.75) is 77.5 Å². The van der Waals surface area contributed by atoms with Gasteiger partial charge in [0, 0.05) is 40.7 Å². The zero-order valence-electron chi connectivity index (χ0n) is 23.8. The van der Waals surface area contributed by atoms with Crippen molar-refractivity contribution in [2.75, 3.05) is 32.2 Å². The highest BCUT2D eigenvalue weighted by molar-refractivity contribution is 7.99. The van der Waals surface area contributed by atoms with Gasteiger partial charge in [0.25, 0.3) is 0 Å². The monoisotopic (exact) mass is 558 g/mol. The van der Waals surface area contributed by atoms with E-state index < -0.39 is 0 Å². The molecule has 0 aliphatic rings. The molecule has 2 rings (SSSR count). The molecule has 39 heavy (non-hydrogen) atoms. The van der Waals surface area contributed by atoms with Crippen LogP contribution in [0.15, 0.2) is 35.2 Å². The van der Waals surface area contributed by atoms with Crippen molar-refractivity contribution in [3.63, 3.8) is 0 Å². The van der Waals surface area contributed by atoms with Gasteiger partial charge in [0.05, 0.1) is 25.4 Å². The number of aromatic hydroxyl groups is 1. The van der Waals surface area contributed by atoms with Gasteiger partial charge in [0.2, 0.25) is 0 Å². The number of ether oxygens (including phenoxy) is 3. The lowest BCUT2D eigenvalue weighted by Gasteiger charge is -2.18. The van der Waals surface area contributed by atoms with Crippen molar-refractivity contribution >= 4 is 29.3 Å². The van der Waals surface area contributed by atoms with Crippen molar-refractivity contribution in [1.82, 2.24) is 0 Å². The van der Waals surface area contributed by atoms with Crippen molar-refractivity contribution < 1.29 is 33.7 Å². The van der Waals surface area contributed by atoms with E-state index in [1.165, 1.54) is 31.7 Å². The number of benzene rings is 2. The number of phenolic OH excluding ortho intramolecular Hbond substituents is 1. The maximum atomic E-state index is 12.4. The molecule has 0 heterocycles. The van der Waals surface area contributed by atoms with E-state index in [4.69, 9.17) is 14.2 Å². The van der Waals surface area contributed by atoms with Gasteiger partial charge in [-0.05, 0) is 57.7 Å². The van der Waals surface area contributed by atoms with Gasteiger partial charge in [-0.25, -0.2) is 0 Å². The molecule has 2 aromatic carbocycles. The number of rotatable bonds is 18. The summed E-state index contributed by atoms with van der Waals surface area (Å²) < 4.78 is 16.9. The van der Waals surface area contributed by atoms with Crippen LogP contribution in [0.2, 0.25) is 0 Å². The highest BCUT2D eigenvalue weighted by atomic mass is 32.2. The Morgan fingerprint density at radius 1 is 1.00 bits per heavy atom. The van der Waals surface area contributed by atoms with E-state index in [0.717, 1.165) is 29.1 Å². The number of Topliss-reactive ketones (excluding diaryl/α,β-unsaturated/α-hetero) is 2. The summed E-state index contributed by atoms with van der Waals surface area (Å²) in [5.41, 5.74) is 2.42. The molecule has 0 fully saturated rings. The lowest BCUT2D eigenvalue weighted by Crippen LogP contribution is -2.10. The maximum absolute atomic E-state index is 12.4. The number of phenols is 1. The number of carbonyl (C=O) groups is 3. The Kier molecular flexibility index (Phi) is 14.1. The number of hydrogen-bond donors (Lipinski definition) is 1. The van der Waals surface area contributed by atoms with Crippen LogP contribution in [0.25, 0.3) is 0 Å². The second-order valence-corrected chi connectivity index (χ2v) is 10.6. The first-order valence-corrected chi connectivity index (χ1v) is 14.7. The fourth-order valence-corrected chi connectivity index (χ4v) is 5.42. The molecule has 8 heteroatoms. The molecule has 0 saturated carbocycles. The Balaban J connectivity index is 1.89. The Morgan fingerprint density at radius 2 is 1.72 bits per heavy atom. The minimum Gasteiger partial charge on any atom is -0.507 e. The van der Waals surface area contributed by atoms with Gasteiger partial charge in [-0.2, -0.15) is 0 Å². The summed E-state index contributed by atoms with van der Waals surface area (Å²) in [6, 6.07) is 9.38. The smallest absolute Gasteiger partial charge is 0.305 e. The number of thioether (sulfide) groups is 1. The van der Waals surface area contributed by atoms with E-state index >= 15 is 0 Å². The van der Waals surface area contributed by atoms with Crippen LogP contribution in [0.3, 0.4) is 0 Å². The van der Waals surface area contributed by atoms with Crippen LogP contribution in [-0.4, -0.2) is 54.8 Å². The SMILES string of the molecule is CCCc1c(O)c(C(C)=O)cc(C(C)=O)c1SCCCOCC(C)c1ccccc1OCCCC(=O)OCC. The lowest BCUT2D eigenvalue weighted by atomic mass is 9.97. The van der Waals surface area contributed by atoms with Crippen LogP contribution < -0.4 is 4.74 Å². The van der Waals surface area contributed by atoms with Gasteiger partial charge in [0.1, 0.15) is 11.5 Å². The Labute approximate surface area is 236 Å². The van der Waals surface area contributed by atoms with Gasteiger partial charge in [-0.15, -0.1) is 11.8 Å².